The maximum Gasteiger partial charge on any atom is 0.321 e. The second-order valence-corrected chi connectivity index (χ2v) is 2.91. The van der Waals surface area contributed by atoms with E-state index in [1.54, 1.807) is 0 Å². The Labute approximate surface area is 72.4 Å². The number of aliphatic carboxylic acids is 1. The summed E-state index contributed by atoms with van der Waals surface area (Å²) in [4.78, 5) is 9.76. The lowest BCUT2D eigenvalue weighted by Crippen LogP contribution is -2.31. The highest BCUT2D eigenvalue weighted by atomic mass is 32.1. The van der Waals surface area contributed by atoms with Crippen LogP contribution in [0.15, 0.2) is 0 Å². The van der Waals surface area contributed by atoms with Crippen LogP contribution in [-0.2, 0) is 4.79 Å². The van der Waals surface area contributed by atoms with Crippen molar-refractivity contribution < 1.29 is 9.90 Å². The Bertz CT molecular complexity index is 111. The molecule has 11 heavy (non-hydrogen) atoms. The van der Waals surface area contributed by atoms with Gasteiger partial charge in [-0.15, -0.1) is 0 Å². The molecule has 1 rings (SSSR count). The van der Waals surface area contributed by atoms with E-state index in [1.807, 2.05) is 0 Å². The molecule has 3 nitrogen and oxygen atoms in total. The molecule has 0 spiro atoms. The third kappa shape index (κ3) is 6.19. The quantitative estimate of drug-likeness (QED) is 0.549. The van der Waals surface area contributed by atoms with E-state index in [2.05, 4.69) is 12.6 Å². The predicted molar refractivity (Wildman–Crippen MR) is 47.9 cm³/mol. The van der Waals surface area contributed by atoms with Crippen LogP contribution in [0, 0.1) is 0 Å². The Morgan fingerprint density at radius 2 is 1.82 bits per heavy atom. The van der Waals surface area contributed by atoms with E-state index >= 15 is 0 Å². The molecule has 1 aliphatic carbocycles. The van der Waals surface area contributed by atoms with Gasteiger partial charge in [-0.3, -0.25) is 4.79 Å². The molecule has 0 heterocycles. The first-order valence-corrected chi connectivity index (χ1v) is 4.41. The molecule has 4 heteroatoms. The fourth-order valence-electron chi connectivity index (χ4n) is 0.328. The second-order valence-electron chi connectivity index (χ2n) is 2.54. The number of thiol groups is 1. The summed E-state index contributed by atoms with van der Waals surface area (Å²) in [5.74, 6) is -0.815. The van der Waals surface area contributed by atoms with E-state index in [9.17, 15) is 4.79 Å². The molecule has 0 saturated heterocycles. The molecule has 0 radical (unpaired) electrons. The van der Waals surface area contributed by atoms with Crippen molar-refractivity contribution in [1.82, 2.24) is 0 Å². The van der Waals surface area contributed by atoms with Crippen molar-refractivity contribution in [3.63, 3.8) is 0 Å². The van der Waals surface area contributed by atoms with E-state index in [-0.39, 0.29) is 5.75 Å². The molecule has 0 aromatic rings. The molecule has 1 fully saturated rings. The van der Waals surface area contributed by atoms with Gasteiger partial charge < -0.3 is 10.8 Å². The molecule has 0 aromatic carbocycles. The van der Waals surface area contributed by atoms with Gasteiger partial charge in [-0.2, -0.15) is 12.6 Å². The molecule has 0 amide bonds. The highest BCUT2D eigenvalue weighted by Gasteiger charge is 2.06. The Kier molecular flexibility index (Phi) is 6.36. The van der Waals surface area contributed by atoms with Crippen LogP contribution in [0.1, 0.15) is 25.7 Å². The van der Waals surface area contributed by atoms with Crippen molar-refractivity contribution in [2.45, 2.75) is 31.7 Å². The summed E-state index contributed by atoms with van der Waals surface area (Å²) < 4.78 is 0. The van der Waals surface area contributed by atoms with Crippen LogP contribution in [-0.4, -0.2) is 22.9 Å². The minimum Gasteiger partial charge on any atom is -0.480 e. The van der Waals surface area contributed by atoms with Crippen molar-refractivity contribution in [3.8, 4) is 0 Å². The fourth-order valence-corrected chi connectivity index (χ4v) is 0.484. The van der Waals surface area contributed by atoms with Crippen molar-refractivity contribution in [2.24, 2.45) is 5.73 Å². The second kappa shape index (κ2) is 6.49. The summed E-state index contributed by atoms with van der Waals surface area (Å²) in [7, 11) is 0. The Hall–Kier alpha value is -0.220. The van der Waals surface area contributed by atoms with E-state index in [0.717, 1.165) is 0 Å². The Balaban J connectivity index is 0.000000207. The van der Waals surface area contributed by atoms with Gasteiger partial charge in [0.15, 0.2) is 0 Å². The first-order valence-electron chi connectivity index (χ1n) is 3.77. The first-order chi connectivity index (χ1) is 5.18. The zero-order chi connectivity index (χ0) is 8.69. The number of nitrogens with two attached hydrogens (primary N) is 1. The van der Waals surface area contributed by atoms with E-state index in [0.29, 0.717) is 0 Å². The first kappa shape index (κ1) is 10.8. The molecule has 1 saturated carbocycles. The highest BCUT2D eigenvalue weighted by molar-refractivity contribution is 7.80. The number of carboxylic acid groups (broad SMARTS) is 1. The molecular formula is C7H15NO2S. The topological polar surface area (TPSA) is 63.3 Å². The number of carbonyl (C=O) groups is 1. The third-order valence-corrected chi connectivity index (χ3v) is 1.91. The van der Waals surface area contributed by atoms with Gasteiger partial charge in [-0.05, 0) is 0 Å². The van der Waals surface area contributed by atoms with Crippen molar-refractivity contribution in [1.29, 1.82) is 0 Å². The maximum atomic E-state index is 9.76. The SMILES string of the molecule is C1CCC1.NC(CS)C(=O)O. The van der Waals surface area contributed by atoms with Crippen LogP contribution in [0.2, 0.25) is 0 Å². The van der Waals surface area contributed by atoms with Crippen molar-refractivity contribution in [2.75, 3.05) is 5.75 Å². The summed E-state index contributed by atoms with van der Waals surface area (Å²) in [5, 5.41) is 8.01. The summed E-state index contributed by atoms with van der Waals surface area (Å²) in [6.45, 7) is 0. The van der Waals surface area contributed by atoms with Crippen LogP contribution in [0.3, 0.4) is 0 Å². The van der Waals surface area contributed by atoms with Crippen LogP contribution < -0.4 is 5.73 Å². The monoisotopic (exact) mass is 177 g/mol. The predicted octanol–water partition coefficient (Wildman–Crippen LogP) is 0.889. The van der Waals surface area contributed by atoms with Gasteiger partial charge in [0, 0.05) is 5.75 Å². The summed E-state index contributed by atoms with van der Waals surface area (Å²) in [6, 6.07) is -0.816. The molecule has 1 atom stereocenters. The smallest absolute Gasteiger partial charge is 0.321 e. The van der Waals surface area contributed by atoms with Crippen LogP contribution in [0.25, 0.3) is 0 Å². The van der Waals surface area contributed by atoms with Crippen LogP contribution >= 0.6 is 12.6 Å². The van der Waals surface area contributed by atoms with E-state index in [1.165, 1.54) is 25.7 Å². The lowest BCUT2D eigenvalue weighted by atomic mass is 10.0. The van der Waals surface area contributed by atoms with Crippen molar-refractivity contribution in [3.05, 3.63) is 0 Å². The van der Waals surface area contributed by atoms with Gasteiger partial charge in [-0.25, -0.2) is 0 Å². The molecule has 3 N–H and O–H groups in total. The standard InChI is InChI=1S/C4H8.C3H7NO2S/c1-2-4-3-1;4-2(1-7)3(5)6/h1-4H2;2,7H,1,4H2,(H,5,6). The Morgan fingerprint density at radius 3 is 1.82 bits per heavy atom. The average molecular weight is 177 g/mol. The largest absolute Gasteiger partial charge is 0.480 e. The van der Waals surface area contributed by atoms with Gasteiger partial charge in [0.25, 0.3) is 0 Å². The van der Waals surface area contributed by atoms with Crippen LogP contribution in [0.4, 0.5) is 0 Å². The zero-order valence-electron chi connectivity index (χ0n) is 6.49. The molecule has 1 unspecified atom stereocenters. The molecule has 66 valence electrons. The Morgan fingerprint density at radius 1 is 1.45 bits per heavy atom. The summed E-state index contributed by atoms with van der Waals surface area (Å²) >= 11 is 3.65. The van der Waals surface area contributed by atoms with Crippen LogP contribution in [0.5, 0.6) is 0 Å². The van der Waals surface area contributed by atoms with Crippen molar-refractivity contribution >= 4 is 18.6 Å². The fraction of sp³-hybridized carbons (Fsp3) is 0.857. The lowest BCUT2D eigenvalue weighted by Gasteiger charge is -2.05. The van der Waals surface area contributed by atoms with E-state index in [4.69, 9.17) is 10.8 Å². The lowest BCUT2D eigenvalue weighted by molar-refractivity contribution is -0.137. The number of hydrogen-bond acceptors (Lipinski definition) is 3. The average Bonchev–Trinajstić information content (AvgIpc) is 1.82. The third-order valence-electron chi connectivity index (χ3n) is 1.51. The van der Waals surface area contributed by atoms with Gasteiger partial charge in [0.05, 0.1) is 0 Å². The summed E-state index contributed by atoms with van der Waals surface area (Å²) in [5.41, 5.74) is 4.94. The maximum absolute atomic E-state index is 9.76. The van der Waals surface area contributed by atoms with Gasteiger partial charge in [0.1, 0.15) is 6.04 Å². The molecular weight excluding hydrogens is 162 g/mol. The number of hydrogen-bond donors (Lipinski definition) is 3. The normalized spacial score (nSPS) is 17.3. The van der Waals surface area contributed by atoms with Gasteiger partial charge in [-0.1, -0.05) is 25.7 Å². The van der Waals surface area contributed by atoms with E-state index < -0.39 is 12.0 Å². The molecule has 0 aliphatic heterocycles. The highest BCUT2D eigenvalue weighted by Crippen LogP contribution is 2.15. The molecule has 0 bridgehead atoms. The minimum atomic E-state index is -1.00. The van der Waals surface area contributed by atoms with Gasteiger partial charge in [0.2, 0.25) is 0 Å². The zero-order valence-corrected chi connectivity index (χ0v) is 7.39. The minimum absolute atomic E-state index is 0.190. The number of carboxylic acids is 1. The summed E-state index contributed by atoms with van der Waals surface area (Å²) in [6.07, 6.45) is 6.00. The molecule has 0 aromatic heterocycles. The number of rotatable bonds is 2. The molecule has 1 aliphatic rings. The van der Waals surface area contributed by atoms with Gasteiger partial charge >= 0.3 is 5.97 Å².